The maximum Gasteiger partial charge on any atom is 0.262 e. The number of aromatic nitrogens is 2. The standard InChI is InChI=1S/C17H23N3O4S/c1-19-12-17(18-13-19)25(21,22)20-9-7-14(11-20)8-10-24-16-6-4-3-5-15(16)23-2/h3-6,12-14H,7-11H2,1-2H3. The van der Waals surface area contributed by atoms with Crippen LogP contribution in [0, 0.1) is 5.92 Å². The Morgan fingerprint density at radius 2 is 2.04 bits per heavy atom. The first kappa shape index (κ1) is 17.8. The zero-order chi connectivity index (χ0) is 17.9. The van der Waals surface area contributed by atoms with Gasteiger partial charge in [0.2, 0.25) is 0 Å². The van der Waals surface area contributed by atoms with Crippen molar-refractivity contribution in [2.75, 3.05) is 26.8 Å². The smallest absolute Gasteiger partial charge is 0.262 e. The van der Waals surface area contributed by atoms with Gasteiger partial charge in [0.25, 0.3) is 10.0 Å². The molecule has 3 rings (SSSR count). The first-order valence-corrected chi connectivity index (χ1v) is 9.68. The van der Waals surface area contributed by atoms with E-state index in [2.05, 4.69) is 4.98 Å². The maximum absolute atomic E-state index is 12.6. The Morgan fingerprint density at radius 1 is 1.28 bits per heavy atom. The van der Waals surface area contributed by atoms with Crippen molar-refractivity contribution in [3.8, 4) is 11.5 Å². The zero-order valence-corrected chi connectivity index (χ0v) is 15.3. The normalized spacial score (nSPS) is 18.4. The second-order valence-corrected chi connectivity index (χ2v) is 8.07. The van der Waals surface area contributed by atoms with Crippen molar-refractivity contribution >= 4 is 10.0 Å². The molecule has 0 N–H and O–H groups in total. The number of para-hydroxylation sites is 2. The van der Waals surface area contributed by atoms with E-state index in [9.17, 15) is 8.42 Å². The third kappa shape index (κ3) is 3.96. The predicted octanol–water partition coefficient (Wildman–Crippen LogP) is 1.91. The Balaban J connectivity index is 1.53. The van der Waals surface area contributed by atoms with Crippen molar-refractivity contribution in [3.63, 3.8) is 0 Å². The molecule has 1 saturated heterocycles. The van der Waals surface area contributed by atoms with Crippen LogP contribution in [-0.4, -0.2) is 49.1 Å². The molecule has 0 amide bonds. The summed E-state index contributed by atoms with van der Waals surface area (Å²) in [6, 6.07) is 7.51. The Labute approximate surface area is 148 Å². The van der Waals surface area contributed by atoms with Gasteiger partial charge in [0.1, 0.15) is 0 Å². The molecule has 1 aromatic heterocycles. The number of methoxy groups -OCH3 is 1. The van der Waals surface area contributed by atoms with Crippen LogP contribution in [0.1, 0.15) is 12.8 Å². The molecule has 1 aromatic carbocycles. The van der Waals surface area contributed by atoms with E-state index in [0.717, 1.165) is 12.8 Å². The van der Waals surface area contributed by atoms with Gasteiger partial charge in [-0.1, -0.05) is 12.1 Å². The van der Waals surface area contributed by atoms with Crippen LogP contribution in [0.4, 0.5) is 0 Å². The molecule has 8 heteroatoms. The van der Waals surface area contributed by atoms with Crippen molar-refractivity contribution in [2.24, 2.45) is 13.0 Å². The molecule has 1 fully saturated rings. The number of benzene rings is 1. The lowest BCUT2D eigenvalue weighted by atomic mass is 10.1. The van der Waals surface area contributed by atoms with E-state index in [4.69, 9.17) is 9.47 Å². The number of imidazole rings is 1. The van der Waals surface area contributed by atoms with Crippen LogP contribution in [0.2, 0.25) is 0 Å². The SMILES string of the molecule is COc1ccccc1OCCC1CCN(S(=O)(=O)c2cn(C)cn2)C1. The number of hydrogen-bond donors (Lipinski definition) is 0. The third-order valence-electron chi connectivity index (χ3n) is 4.39. The van der Waals surface area contributed by atoms with Gasteiger partial charge in [-0.3, -0.25) is 0 Å². The molecule has 0 radical (unpaired) electrons. The maximum atomic E-state index is 12.6. The minimum absolute atomic E-state index is 0.112. The molecule has 1 atom stereocenters. The van der Waals surface area contributed by atoms with E-state index in [1.165, 1.54) is 16.8 Å². The minimum atomic E-state index is -3.50. The van der Waals surface area contributed by atoms with Gasteiger partial charge < -0.3 is 14.0 Å². The summed E-state index contributed by atoms with van der Waals surface area (Å²) in [7, 11) is -0.130. The largest absolute Gasteiger partial charge is 0.493 e. The molecule has 0 spiro atoms. The number of rotatable bonds is 7. The minimum Gasteiger partial charge on any atom is -0.493 e. The van der Waals surface area contributed by atoms with Gasteiger partial charge >= 0.3 is 0 Å². The molecule has 2 aromatic rings. The molecular formula is C17H23N3O4S. The summed E-state index contributed by atoms with van der Waals surface area (Å²) in [4.78, 5) is 3.97. The third-order valence-corrected chi connectivity index (χ3v) is 6.14. The van der Waals surface area contributed by atoms with Crippen LogP contribution >= 0.6 is 0 Å². The van der Waals surface area contributed by atoms with Crippen molar-refractivity contribution in [3.05, 3.63) is 36.8 Å². The summed E-state index contributed by atoms with van der Waals surface area (Å²) in [6.45, 7) is 1.56. The van der Waals surface area contributed by atoms with E-state index in [1.54, 1.807) is 18.7 Å². The summed E-state index contributed by atoms with van der Waals surface area (Å²) in [5.41, 5.74) is 0. The molecular weight excluding hydrogens is 342 g/mol. The molecule has 2 heterocycles. The van der Waals surface area contributed by atoms with Crippen molar-refractivity contribution in [1.29, 1.82) is 0 Å². The molecule has 0 saturated carbocycles. The van der Waals surface area contributed by atoms with Gasteiger partial charge in [0.05, 0.1) is 20.0 Å². The number of ether oxygens (including phenoxy) is 2. The number of nitrogens with zero attached hydrogens (tertiary/aromatic N) is 3. The van der Waals surface area contributed by atoms with Gasteiger partial charge in [0, 0.05) is 26.3 Å². The molecule has 1 aliphatic heterocycles. The molecule has 7 nitrogen and oxygen atoms in total. The van der Waals surface area contributed by atoms with Crippen LogP contribution in [0.5, 0.6) is 11.5 Å². The summed E-state index contributed by atoms with van der Waals surface area (Å²) in [5, 5.41) is 0.112. The fourth-order valence-electron chi connectivity index (χ4n) is 2.98. The molecule has 1 unspecified atom stereocenters. The molecule has 0 bridgehead atoms. The van der Waals surface area contributed by atoms with Crippen LogP contribution in [-0.2, 0) is 17.1 Å². The Bertz CT molecular complexity index is 819. The predicted molar refractivity (Wildman–Crippen MR) is 93.2 cm³/mol. The lowest BCUT2D eigenvalue weighted by Gasteiger charge is -2.15. The summed E-state index contributed by atoms with van der Waals surface area (Å²) < 4.78 is 39.4. The van der Waals surface area contributed by atoms with Crippen LogP contribution in [0.15, 0.2) is 41.8 Å². The number of hydrogen-bond acceptors (Lipinski definition) is 5. The quantitative estimate of drug-likeness (QED) is 0.749. The van der Waals surface area contributed by atoms with Gasteiger partial charge in [-0.25, -0.2) is 13.4 Å². The molecule has 136 valence electrons. The monoisotopic (exact) mass is 365 g/mol. The summed E-state index contributed by atoms with van der Waals surface area (Å²) in [5.74, 6) is 1.70. The lowest BCUT2D eigenvalue weighted by Crippen LogP contribution is -2.29. The average molecular weight is 365 g/mol. The van der Waals surface area contributed by atoms with Crippen LogP contribution in [0.3, 0.4) is 0 Å². The molecule has 1 aliphatic rings. The molecule has 25 heavy (non-hydrogen) atoms. The van der Waals surface area contributed by atoms with E-state index in [0.29, 0.717) is 31.2 Å². The topological polar surface area (TPSA) is 73.7 Å². The highest BCUT2D eigenvalue weighted by molar-refractivity contribution is 7.89. The second-order valence-electron chi connectivity index (χ2n) is 6.18. The fourth-order valence-corrected chi connectivity index (χ4v) is 4.48. The van der Waals surface area contributed by atoms with E-state index in [1.807, 2.05) is 24.3 Å². The van der Waals surface area contributed by atoms with E-state index >= 15 is 0 Å². The molecule has 0 aliphatic carbocycles. The number of sulfonamides is 1. The van der Waals surface area contributed by atoms with Crippen molar-refractivity contribution in [1.82, 2.24) is 13.9 Å². The second kappa shape index (κ2) is 7.45. The van der Waals surface area contributed by atoms with Gasteiger partial charge in [0.15, 0.2) is 16.5 Å². The number of aryl methyl sites for hydroxylation is 1. The summed E-state index contributed by atoms with van der Waals surface area (Å²) >= 11 is 0. The van der Waals surface area contributed by atoms with Gasteiger partial charge in [-0.05, 0) is 30.9 Å². The first-order valence-electron chi connectivity index (χ1n) is 8.24. The zero-order valence-electron chi connectivity index (χ0n) is 14.5. The van der Waals surface area contributed by atoms with E-state index in [-0.39, 0.29) is 10.9 Å². The fraction of sp³-hybridized carbons (Fsp3) is 0.471. The first-order chi connectivity index (χ1) is 12.0. The highest BCUT2D eigenvalue weighted by Gasteiger charge is 2.33. The Morgan fingerprint density at radius 3 is 2.72 bits per heavy atom. The highest BCUT2D eigenvalue weighted by atomic mass is 32.2. The van der Waals surface area contributed by atoms with Crippen LogP contribution in [0.25, 0.3) is 0 Å². The van der Waals surface area contributed by atoms with Crippen molar-refractivity contribution < 1.29 is 17.9 Å². The van der Waals surface area contributed by atoms with E-state index < -0.39 is 10.0 Å². The average Bonchev–Trinajstić information content (AvgIpc) is 3.25. The van der Waals surface area contributed by atoms with Gasteiger partial charge in [-0.2, -0.15) is 4.31 Å². The lowest BCUT2D eigenvalue weighted by molar-refractivity contribution is 0.266. The summed E-state index contributed by atoms with van der Waals surface area (Å²) in [6.07, 6.45) is 4.67. The Hall–Kier alpha value is -2.06. The van der Waals surface area contributed by atoms with Gasteiger partial charge in [-0.15, -0.1) is 0 Å². The Kier molecular flexibility index (Phi) is 5.29. The van der Waals surface area contributed by atoms with Crippen molar-refractivity contribution in [2.45, 2.75) is 17.9 Å². The van der Waals surface area contributed by atoms with Crippen LogP contribution < -0.4 is 9.47 Å². The highest BCUT2D eigenvalue weighted by Crippen LogP contribution is 2.28.